The molecule has 0 saturated heterocycles. The van der Waals surface area contributed by atoms with Crippen LogP contribution in [0.2, 0.25) is 0 Å². The summed E-state index contributed by atoms with van der Waals surface area (Å²) >= 11 is 0. The van der Waals surface area contributed by atoms with Crippen molar-refractivity contribution < 1.29 is 22.3 Å². The molecule has 122 valence electrons. The smallest absolute Gasteiger partial charge is 0.269 e. The standard InChI is InChI=1S/C15H15FN2O4S/c1-2-22-11-7-9-12(10-8-11)23(20,21)18-17-15(19)13-5-3-4-6-14(13)16/h3-10,18H,2H2,1H3,(H,17,19). The second-order valence-electron chi connectivity index (χ2n) is 4.44. The lowest BCUT2D eigenvalue weighted by molar-refractivity contribution is 0.0941. The lowest BCUT2D eigenvalue weighted by Crippen LogP contribution is -2.41. The minimum absolute atomic E-state index is 0.0604. The number of hydrazine groups is 1. The summed E-state index contributed by atoms with van der Waals surface area (Å²) in [6.45, 7) is 2.27. The molecule has 0 spiro atoms. The summed E-state index contributed by atoms with van der Waals surface area (Å²) in [5.74, 6) is -1.11. The van der Waals surface area contributed by atoms with E-state index in [4.69, 9.17) is 4.74 Å². The normalized spacial score (nSPS) is 11.0. The lowest BCUT2D eigenvalue weighted by Gasteiger charge is -2.09. The van der Waals surface area contributed by atoms with Gasteiger partial charge in [-0.05, 0) is 43.3 Å². The van der Waals surface area contributed by atoms with E-state index >= 15 is 0 Å². The van der Waals surface area contributed by atoms with Gasteiger partial charge in [0.2, 0.25) is 0 Å². The number of halogens is 1. The van der Waals surface area contributed by atoms with Gasteiger partial charge in [-0.1, -0.05) is 12.1 Å². The fourth-order valence-corrected chi connectivity index (χ4v) is 2.61. The first-order chi connectivity index (χ1) is 10.9. The zero-order valence-electron chi connectivity index (χ0n) is 12.2. The molecule has 1 amide bonds. The maximum Gasteiger partial charge on any atom is 0.269 e. The van der Waals surface area contributed by atoms with Crippen molar-refractivity contribution in [3.63, 3.8) is 0 Å². The molecular formula is C15H15FN2O4S. The molecule has 6 nitrogen and oxygen atoms in total. The average molecular weight is 338 g/mol. The van der Waals surface area contributed by atoms with Crippen molar-refractivity contribution in [3.05, 3.63) is 59.9 Å². The van der Waals surface area contributed by atoms with Gasteiger partial charge in [0.25, 0.3) is 15.9 Å². The van der Waals surface area contributed by atoms with Crippen LogP contribution in [0.1, 0.15) is 17.3 Å². The van der Waals surface area contributed by atoms with Gasteiger partial charge in [0.1, 0.15) is 11.6 Å². The molecule has 23 heavy (non-hydrogen) atoms. The van der Waals surface area contributed by atoms with Gasteiger partial charge in [-0.3, -0.25) is 10.2 Å². The van der Waals surface area contributed by atoms with Gasteiger partial charge in [-0.15, -0.1) is 4.83 Å². The predicted octanol–water partition coefficient (Wildman–Crippen LogP) is 1.85. The third-order valence-electron chi connectivity index (χ3n) is 2.86. The molecule has 2 aromatic rings. The molecule has 0 aromatic heterocycles. The zero-order valence-corrected chi connectivity index (χ0v) is 13.1. The number of hydrogen-bond acceptors (Lipinski definition) is 4. The largest absolute Gasteiger partial charge is 0.494 e. The number of sulfonamides is 1. The Morgan fingerprint density at radius 3 is 2.39 bits per heavy atom. The van der Waals surface area contributed by atoms with Crippen LogP contribution in [-0.2, 0) is 10.0 Å². The third kappa shape index (κ3) is 4.27. The summed E-state index contributed by atoms with van der Waals surface area (Å²) in [5, 5.41) is 0. The maximum atomic E-state index is 13.4. The first-order valence-electron chi connectivity index (χ1n) is 6.73. The average Bonchev–Trinajstić information content (AvgIpc) is 2.54. The highest BCUT2D eigenvalue weighted by Gasteiger charge is 2.17. The number of ether oxygens (including phenoxy) is 1. The summed E-state index contributed by atoms with van der Waals surface area (Å²) in [6, 6.07) is 10.9. The second-order valence-corrected chi connectivity index (χ2v) is 6.13. The van der Waals surface area contributed by atoms with Crippen molar-refractivity contribution in [2.45, 2.75) is 11.8 Å². The van der Waals surface area contributed by atoms with E-state index in [1.807, 2.05) is 17.2 Å². The first kappa shape index (κ1) is 16.9. The summed E-state index contributed by atoms with van der Waals surface area (Å²) in [4.78, 5) is 13.6. The summed E-state index contributed by atoms with van der Waals surface area (Å²) in [6.07, 6.45) is 0. The van der Waals surface area contributed by atoms with Gasteiger partial charge in [-0.2, -0.15) is 0 Å². The van der Waals surface area contributed by atoms with Crippen LogP contribution in [0.25, 0.3) is 0 Å². The second kappa shape index (κ2) is 7.21. The Balaban J connectivity index is 2.06. The summed E-state index contributed by atoms with van der Waals surface area (Å²) in [5.41, 5.74) is 1.71. The maximum absolute atomic E-state index is 13.4. The highest BCUT2D eigenvalue weighted by molar-refractivity contribution is 7.89. The fourth-order valence-electron chi connectivity index (χ4n) is 1.77. The van der Waals surface area contributed by atoms with Crippen molar-refractivity contribution in [2.75, 3.05) is 6.61 Å². The van der Waals surface area contributed by atoms with Crippen molar-refractivity contribution in [1.82, 2.24) is 10.3 Å². The molecule has 2 N–H and O–H groups in total. The number of hydrogen-bond donors (Lipinski definition) is 2. The molecule has 0 bridgehead atoms. The Hall–Kier alpha value is -2.45. The van der Waals surface area contributed by atoms with Gasteiger partial charge in [0, 0.05) is 0 Å². The zero-order chi connectivity index (χ0) is 16.9. The summed E-state index contributed by atoms with van der Waals surface area (Å²) in [7, 11) is -3.97. The van der Waals surface area contributed by atoms with Gasteiger partial charge >= 0.3 is 0 Å². The Kier molecular flexibility index (Phi) is 5.30. The lowest BCUT2D eigenvalue weighted by atomic mass is 10.2. The molecule has 0 aliphatic rings. The van der Waals surface area contributed by atoms with Crippen LogP contribution in [-0.4, -0.2) is 20.9 Å². The van der Waals surface area contributed by atoms with E-state index in [9.17, 15) is 17.6 Å². The van der Waals surface area contributed by atoms with E-state index in [1.165, 1.54) is 42.5 Å². The van der Waals surface area contributed by atoms with Crippen LogP contribution in [0.3, 0.4) is 0 Å². The topological polar surface area (TPSA) is 84.5 Å². The molecule has 0 fully saturated rings. The molecular weight excluding hydrogens is 323 g/mol. The van der Waals surface area contributed by atoms with Crippen molar-refractivity contribution in [3.8, 4) is 5.75 Å². The van der Waals surface area contributed by atoms with Gasteiger partial charge in [-0.25, -0.2) is 12.8 Å². The van der Waals surface area contributed by atoms with Crippen LogP contribution < -0.4 is 15.0 Å². The molecule has 0 unspecified atom stereocenters. The molecule has 0 heterocycles. The molecule has 0 saturated carbocycles. The Morgan fingerprint density at radius 2 is 1.78 bits per heavy atom. The number of carbonyl (C=O) groups excluding carboxylic acids is 1. The fraction of sp³-hybridized carbons (Fsp3) is 0.133. The van der Waals surface area contributed by atoms with Crippen LogP contribution in [0, 0.1) is 5.82 Å². The monoisotopic (exact) mass is 338 g/mol. The van der Waals surface area contributed by atoms with Crippen LogP contribution in [0.4, 0.5) is 4.39 Å². The highest BCUT2D eigenvalue weighted by atomic mass is 32.2. The van der Waals surface area contributed by atoms with Crippen LogP contribution in [0.15, 0.2) is 53.4 Å². The minimum Gasteiger partial charge on any atom is -0.494 e. The summed E-state index contributed by atoms with van der Waals surface area (Å²) < 4.78 is 42.8. The SMILES string of the molecule is CCOc1ccc(S(=O)(=O)NNC(=O)c2ccccc2F)cc1. The van der Waals surface area contributed by atoms with E-state index in [0.717, 1.165) is 6.07 Å². The minimum atomic E-state index is -3.97. The van der Waals surface area contributed by atoms with Crippen molar-refractivity contribution in [1.29, 1.82) is 0 Å². The van der Waals surface area contributed by atoms with E-state index in [2.05, 4.69) is 0 Å². The van der Waals surface area contributed by atoms with E-state index in [0.29, 0.717) is 12.4 Å². The van der Waals surface area contributed by atoms with Crippen molar-refractivity contribution in [2.24, 2.45) is 0 Å². The number of carbonyl (C=O) groups is 1. The van der Waals surface area contributed by atoms with E-state index in [-0.39, 0.29) is 10.5 Å². The molecule has 0 aliphatic carbocycles. The third-order valence-corrected chi connectivity index (χ3v) is 4.13. The molecule has 2 aromatic carbocycles. The molecule has 2 rings (SSSR count). The molecule has 0 aliphatic heterocycles. The Morgan fingerprint density at radius 1 is 1.13 bits per heavy atom. The van der Waals surface area contributed by atoms with Crippen LogP contribution >= 0.6 is 0 Å². The molecule has 0 atom stereocenters. The first-order valence-corrected chi connectivity index (χ1v) is 8.22. The number of rotatable bonds is 6. The van der Waals surface area contributed by atoms with E-state index < -0.39 is 21.7 Å². The predicted molar refractivity (Wildman–Crippen MR) is 81.8 cm³/mol. The molecule has 8 heteroatoms. The number of amides is 1. The number of benzene rings is 2. The Labute approximate surface area is 133 Å². The quantitative estimate of drug-likeness (QED) is 0.787. The van der Waals surface area contributed by atoms with Crippen LogP contribution in [0.5, 0.6) is 5.75 Å². The van der Waals surface area contributed by atoms with Gasteiger partial charge in [0.15, 0.2) is 0 Å². The van der Waals surface area contributed by atoms with Gasteiger partial charge in [0.05, 0.1) is 17.1 Å². The van der Waals surface area contributed by atoms with E-state index in [1.54, 1.807) is 0 Å². The Bertz CT molecular complexity index is 791. The molecule has 0 radical (unpaired) electrons. The number of nitrogens with one attached hydrogen (secondary N) is 2. The van der Waals surface area contributed by atoms with Crippen molar-refractivity contribution >= 4 is 15.9 Å². The van der Waals surface area contributed by atoms with Gasteiger partial charge < -0.3 is 4.74 Å². The highest BCUT2D eigenvalue weighted by Crippen LogP contribution is 2.15.